The second-order valence-corrected chi connectivity index (χ2v) is 5.31. The maximum Gasteiger partial charge on any atom is 0.0702 e. The van der Waals surface area contributed by atoms with Crippen LogP contribution in [0.1, 0.15) is 11.1 Å². The van der Waals surface area contributed by atoms with E-state index >= 15 is 0 Å². The summed E-state index contributed by atoms with van der Waals surface area (Å²) in [6.07, 6.45) is 7.51. The summed E-state index contributed by atoms with van der Waals surface area (Å²) >= 11 is 6.27. The third-order valence-corrected chi connectivity index (χ3v) is 3.84. The van der Waals surface area contributed by atoms with Gasteiger partial charge in [-0.3, -0.25) is 4.98 Å². The number of halogens is 1. The summed E-state index contributed by atoms with van der Waals surface area (Å²) in [5, 5.41) is 10.3. The Morgan fingerprint density at radius 1 is 1.14 bits per heavy atom. The highest BCUT2D eigenvalue weighted by atomic mass is 35.5. The van der Waals surface area contributed by atoms with Crippen molar-refractivity contribution in [2.45, 2.75) is 13.5 Å². The molecule has 0 aliphatic heterocycles. The van der Waals surface area contributed by atoms with Crippen LogP contribution in [0.25, 0.3) is 16.8 Å². The highest BCUT2D eigenvalue weighted by Crippen LogP contribution is 2.32. The molecule has 2 aromatic heterocycles. The number of aliphatic hydroxyl groups excluding tert-OH is 1. The van der Waals surface area contributed by atoms with E-state index in [1.807, 2.05) is 60.4 Å². The van der Waals surface area contributed by atoms with Crippen LogP contribution >= 0.6 is 11.6 Å². The van der Waals surface area contributed by atoms with Crippen LogP contribution in [0.5, 0.6) is 0 Å². The lowest BCUT2D eigenvalue weighted by Gasteiger charge is -2.06. The maximum absolute atomic E-state index is 9.63. The summed E-state index contributed by atoms with van der Waals surface area (Å²) < 4.78 is 2.00. The molecule has 4 heteroatoms. The van der Waals surface area contributed by atoms with Crippen LogP contribution in [-0.4, -0.2) is 14.7 Å². The number of benzene rings is 1. The molecule has 3 rings (SSSR count). The first-order valence-electron chi connectivity index (χ1n) is 6.68. The molecule has 0 aliphatic carbocycles. The van der Waals surface area contributed by atoms with Gasteiger partial charge >= 0.3 is 0 Å². The monoisotopic (exact) mass is 298 g/mol. The molecule has 0 spiro atoms. The SMILES string of the molecule is Cc1cnccc1-n1cc(CO)c(-c2ccccc2Cl)c1. The Kier molecular flexibility index (Phi) is 3.78. The Morgan fingerprint density at radius 3 is 2.67 bits per heavy atom. The van der Waals surface area contributed by atoms with E-state index in [1.54, 1.807) is 6.20 Å². The van der Waals surface area contributed by atoms with Crippen molar-refractivity contribution in [2.75, 3.05) is 0 Å². The maximum atomic E-state index is 9.63. The van der Waals surface area contributed by atoms with Crippen LogP contribution < -0.4 is 0 Å². The number of hydrogen-bond acceptors (Lipinski definition) is 2. The zero-order valence-corrected chi connectivity index (χ0v) is 12.4. The van der Waals surface area contributed by atoms with E-state index in [0.29, 0.717) is 5.02 Å². The summed E-state index contributed by atoms with van der Waals surface area (Å²) in [7, 11) is 0. The van der Waals surface area contributed by atoms with Crippen molar-refractivity contribution in [1.29, 1.82) is 0 Å². The molecular formula is C17H15ClN2O. The summed E-state index contributed by atoms with van der Waals surface area (Å²) in [4.78, 5) is 4.11. The molecule has 0 fully saturated rings. The molecule has 3 nitrogen and oxygen atoms in total. The van der Waals surface area contributed by atoms with Crippen molar-refractivity contribution in [3.63, 3.8) is 0 Å². The fraction of sp³-hybridized carbons (Fsp3) is 0.118. The molecule has 1 N–H and O–H groups in total. The van der Waals surface area contributed by atoms with E-state index in [0.717, 1.165) is 27.9 Å². The van der Waals surface area contributed by atoms with Gasteiger partial charge in [0.05, 0.1) is 12.3 Å². The highest BCUT2D eigenvalue weighted by Gasteiger charge is 2.12. The molecule has 2 heterocycles. The number of aromatic nitrogens is 2. The van der Waals surface area contributed by atoms with Crippen LogP contribution in [0.3, 0.4) is 0 Å². The lowest BCUT2D eigenvalue weighted by atomic mass is 10.1. The van der Waals surface area contributed by atoms with Crippen molar-refractivity contribution >= 4 is 11.6 Å². The van der Waals surface area contributed by atoms with E-state index in [1.165, 1.54) is 0 Å². The quantitative estimate of drug-likeness (QED) is 0.794. The normalized spacial score (nSPS) is 10.8. The molecule has 0 saturated carbocycles. The van der Waals surface area contributed by atoms with E-state index in [4.69, 9.17) is 11.6 Å². The molecule has 0 saturated heterocycles. The Balaban J connectivity index is 2.16. The van der Waals surface area contributed by atoms with E-state index in [-0.39, 0.29) is 6.61 Å². The minimum atomic E-state index is -0.0301. The first-order valence-corrected chi connectivity index (χ1v) is 7.06. The number of aliphatic hydroxyl groups is 1. The molecule has 0 unspecified atom stereocenters. The lowest BCUT2D eigenvalue weighted by Crippen LogP contribution is -1.94. The largest absolute Gasteiger partial charge is 0.392 e. The van der Waals surface area contributed by atoms with Crippen LogP contribution in [0, 0.1) is 6.92 Å². The summed E-state index contributed by atoms with van der Waals surface area (Å²) in [6, 6.07) is 9.60. The lowest BCUT2D eigenvalue weighted by molar-refractivity contribution is 0.282. The predicted octanol–water partition coefficient (Wildman–Crippen LogP) is 3.99. The van der Waals surface area contributed by atoms with Crippen LogP contribution in [0.2, 0.25) is 5.02 Å². The molecule has 0 amide bonds. The van der Waals surface area contributed by atoms with Gasteiger partial charge in [-0.25, -0.2) is 0 Å². The molecule has 0 atom stereocenters. The Bertz CT molecular complexity index is 780. The van der Waals surface area contributed by atoms with Gasteiger partial charge in [0.25, 0.3) is 0 Å². The zero-order chi connectivity index (χ0) is 14.8. The van der Waals surface area contributed by atoms with E-state index < -0.39 is 0 Å². The van der Waals surface area contributed by atoms with Gasteiger partial charge in [0.1, 0.15) is 0 Å². The van der Waals surface area contributed by atoms with Gasteiger partial charge < -0.3 is 9.67 Å². The standard InChI is InChI=1S/C17H15ClN2O/c1-12-8-19-7-6-17(12)20-9-13(11-21)15(10-20)14-4-2-3-5-16(14)18/h2-10,21H,11H2,1H3. The number of aryl methyl sites for hydroxylation is 1. The van der Waals surface area contributed by atoms with Gasteiger partial charge in [0, 0.05) is 46.5 Å². The molecule has 1 aromatic carbocycles. The van der Waals surface area contributed by atoms with Crippen LogP contribution in [0.15, 0.2) is 55.1 Å². The summed E-state index contributed by atoms with van der Waals surface area (Å²) in [5.74, 6) is 0. The van der Waals surface area contributed by atoms with E-state index in [2.05, 4.69) is 4.98 Å². The Labute approximate surface area is 128 Å². The topological polar surface area (TPSA) is 38.0 Å². The van der Waals surface area contributed by atoms with Gasteiger partial charge in [-0.1, -0.05) is 29.8 Å². The molecule has 106 valence electrons. The van der Waals surface area contributed by atoms with Gasteiger partial charge in [-0.2, -0.15) is 0 Å². The first kappa shape index (κ1) is 13.9. The molecule has 0 aliphatic rings. The summed E-state index contributed by atoms with van der Waals surface area (Å²) in [6.45, 7) is 1.98. The van der Waals surface area contributed by atoms with Crippen molar-refractivity contribution in [3.05, 3.63) is 71.3 Å². The molecule has 0 radical (unpaired) electrons. The highest BCUT2D eigenvalue weighted by molar-refractivity contribution is 6.33. The second-order valence-electron chi connectivity index (χ2n) is 4.90. The van der Waals surface area contributed by atoms with Crippen molar-refractivity contribution in [1.82, 2.24) is 9.55 Å². The summed E-state index contributed by atoms with van der Waals surface area (Å²) in [5.41, 5.74) is 4.83. The third-order valence-electron chi connectivity index (χ3n) is 3.51. The first-order chi connectivity index (χ1) is 10.2. The minimum absolute atomic E-state index is 0.0301. The van der Waals surface area contributed by atoms with Crippen LogP contribution in [-0.2, 0) is 6.61 Å². The number of rotatable bonds is 3. The average Bonchev–Trinajstić information content (AvgIpc) is 2.92. The predicted molar refractivity (Wildman–Crippen MR) is 84.7 cm³/mol. The molecule has 21 heavy (non-hydrogen) atoms. The fourth-order valence-electron chi connectivity index (χ4n) is 2.44. The van der Waals surface area contributed by atoms with Crippen molar-refractivity contribution in [2.24, 2.45) is 0 Å². The minimum Gasteiger partial charge on any atom is -0.392 e. The molecule has 3 aromatic rings. The van der Waals surface area contributed by atoms with Gasteiger partial charge in [0.2, 0.25) is 0 Å². The van der Waals surface area contributed by atoms with Gasteiger partial charge in [-0.15, -0.1) is 0 Å². The third kappa shape index (κ3) is 2.58. The zero-order valence-electron chi connectivity index (χ0n) is 11.6. The number of hydrogen-bond donors (Lipinski definition) is 1. The fourth-order valence-corrected chi connectivity index (χ4v) is 2.68. The van der Waals surface area contributed by atoms with E-state index in [9.17, 15) is 5.11 Å². The average molecular weight is 299 g/mol. The van der Waals surface area contributed by atoms with Gasteiger partial charge in [-0.05, 0) is 24.6 Å². The molecular weight excluding hydrogens is 284 g/mol. The Hall–Kier alpha value is -2.10. The van der Waals surface area contributed by atoms with Gasteiger partial charge in [0.15, 0.2) is 0 Å². The number of pyridine rings is 1. The number of nitrogens with zero attached hydrogens (tertiary/aromatic N) is 2. The van der Waals surface area contributed by atoms with Crippen LogP contribution in [0.4, 0.5) is 0 Å². The molecule has 0 bridgehead atoms. The van der Waals surface area contributed by atoms with Crippen molar-refractivity contribution in [3.8, 4) is 16.8 Å². The van der Waals surface area contributed by atoms with Crippen molar-refractivity contribution < 1.29 is 5.11 Å². The smallest absolute Gasteiger partial charge is 0.0702 e. The Morgan fingerprint density at radius 2 is 1.95 bits per heavy atom. The second kappa shape index (κ2) is 5.72.